The van der Waals surface area contributed by atoms with Gasteiger partial charge < -0.3 is 5.73 Å². The van der Waals surface area contributed by atoms with E-state index in [1.54, 1.807) is 26.0 Å². The number of hydrogen-bond donors (Lipinski definition) is 1. The molecule has 0 aromatic heterocycles. The van der Waals surface area contributed by atoms with Crippen LogP contribution in [0.4, 0.5) is 5.69 Å². The van der Waals surface area contributed by atoms with E-state index in [9.17, 15) is 8.42 Å². The minimum atomic E-state index is -3.58. The molecule has 1 aromatic carbocycles. The predicted molar refractivity (Wildman–Crippen MR) is 77.8 cm³/mol. The fourth-order valence-electron chi connectivity index (χ4n) is 1.54. The van der Waals surface area contributed by atoms with E-state index in [-0.39, 0.29) is 10.6 Å². The van der Waals surface area contributed by atoms with Crippen LogP contribution in [0.2, 0.25) is 0 Å². The van der Waals surface area contributed by atoms with Gasteiger partial charge in [0.1, 0.15) is 4.90 Å². The molecule has 0 spiro atoms. The molecule has 18 heavy (non-hydrogen) atoms. The van der Waals surface area contributed by atoms with Crippen molar-refractivity contribution < 1.29 is 8.42 Å². The lowest BCUT2D eigenvalue weighted by molar-refractivity contribution is 0.453. The first kappa shape index (κ1) is 15.2. The molecule has 0 saturated heterocycles. The molecule has 0 heterocycles. The van der Waals surface area contributed by atoms with Crippen LogP contribution in [0.1, 0.15) is 13.8 Å². The van der Waals surface area contributed by atoms with Crippen LogP contribution in [0.15, 0.2) is 39.7 Å². The third kappa shape index (κ3) is 3.34. The van der Waals surface area contributed by atoms with Gasteiger partial charge in [-0.1, -0.05) is 35.0 Å². The average Bonchev–Trinajstić information content (AvgIpc) is 2.28. The maximum Gasteiger partial charge on any atom is 0.245 e. The van der Waals surface area contributed by atoms with Crippen LogP contribution in [0.25, 0.3) is 0 Å². The smallest absolute Gasteiger partial charge is 0.245 e. The van der Waals surface area contributed by atoms with Gasteiger partial charge in [-0.2, -0.15) is 4.31 Å². The van der Waals surface area contributed by atoms with E-state index in [0.717, 1.165) is 5.57 Å². The highest BCUT2D eigenvalue weighted by molar-refractivity contribution is 9.10. The molecule has 0 aliphatic carbocycles. The summed E-state index contributed by atoms with van der Waals surface area (Å²) in [4.78, 5) is 0.125. The number of nitrogen functional groups attached to an aromatic ring is 1. The van der Waals surface area contributed by atoms with E-state index in [4.69, 9.17) is 5.73 Å². The largest absolute Gasteiger partial charge is 0.398 e. The highest BCUT2D eigenvalue weighted by atomic mass is 79.9. The molecular weight excluding hydrogens is 316 g/mol. The van der Waals surface area contributed by atoms with E-state index < -0.39 is 10.0 Å². The molecule has 0 fully saturated rings. The first-order chi connectivity index (χ1) is 8.28. The summed E-state index contributed by atoms with van der Waals surface area (Å²) < 4.78 is 26.9. The fraction of sp³-hybridized carbons (Fsp3) is 0.333. The zero-order chi connectivity index (χ0) is 13.9. The zero-order valence-electron chi connectivity index (χ0n) is 10.5. The van der Waals surface area contributed by atoms with Crippen molar-refractivity contribution in [2.75, 3.05) is 18.8 Å². The van der Waals surface area contributed by atoms with Crippen molar-refractivity contribution in [2.24, 2.45) is 0 Å². The van der Waals surface area contributed by atoms with Crippen LogP contribution in [-0.2, 0) is 10.0 Å². The van der Waals surface area contributed by atoms with Crippen LogP contribution < -0.4 is 5.73 Å². The topological polar surface area (TPSA) is 63.4 Å². The fourth-order valence-corrected chi connectivity index (χ4v) is 3.70. The lowest BCUT2D eigenvalue weighted by Gasteiger charge is -2.21. The third-order valence-electron chi connectivity index (χ3n) is 2.39. The summed E-state index contributed by atoms with van der Waals surface area (Å²) in [5.74, 6) is 0. The molecule has 0 aliphatic heterocycles. The van der Waals surface area contributed by atoms with E-state index in [1.165, 1.54) is 10.4 Å². The van der Waals surface area contributed by atoms with Crippen molar-refractivity contribution in [3.05, 3.63) is 34.8 Å². The Morgan fingerprint density at radius 3 is 2.61 bits per heavy atom. The van der Waals surface area contributed by atoms with E-state index >= 15 is 0 Å². The molecule has 0 aliphatic rings. The maximum absolute atomic E-state index is 12.5. The number of likely N-dealkylation sites (N-methyl/N-ethyl adjacent to an activating group) is 1. The molecule has 100 valence electrons. The molecule has 0 unspecified atom stereocenters. The van der Waals surface area contributed by atoms with Gasteiger partial charge in [-0.15, -0.1) is 0 Å². The SMILES string of the molecule is C=C(C)CN(CC)S(=O)(=O)c1cc(Br)ccc1N. The summed E-state index contributed by atoms with van der Waals surface area (Å²) in [6, 6.07) is 4.81. The van der Waals surface area contributed by atoms with Crippen molar-refractivity contribution in [2.45, 2.75) is 18.7 Å². The van der Waals surface area contributed by atoms with Crippen molar-refractivity contribution in [3.63, 3.8) is 0 Å². The Labute approximate surface area is 117 Å². The Morgan fingerprint density at radius 2 is 2.11 bits per heavy atom. The lowest BCUT2D eigenvalue weighted by Crippen LogP contribution is -2.32. The zero-order valence-corrected chi connectivity index (χ0v) is 12.9. The summed E-state index contributed by atoms with van der Waals surface area (Å²) in [6.45, 7) is 8.00. The van der Waals surface area contributed by atoms with Gasteiger partial charge in [0.25, 0.3) is 0 Å². The van der Waals surface area contributed by atoms with E-state index in [1.807, 2.05) is 0 Å². The summed E-state index contributed by atoms with van der Waals surface area (Å²) in [5.41, 5.74) is 6.78. The number of hydrogen-bond acceptors (Lipinski definition) is 3. The minimum absolute atomic E-state index is 0.125. The summed E-state index contributed by atoms with van der Waals surface area (Å²) in [5, 5.41) is 0. The van der Waals surface area contributed by atoms with Crippen molar-refractivity contribution in [1.29, 1.82) is 0 Å². The van der Waals surface area contributed by atoms with Crippen LogP contribution in [0, 0.1) is 0 Å². The number of sulfonamides is 1. The Bertz CT molecular complexity index is 555. The first-order valence-corrected chi connectivity index (χ1v) is 7.72. The second kappa shape index (κ2) is 5.86. The van der Waals surface area contributed by atoms with Crippen LogP contribution in [-0.4, -0.2) is 25.8 Å². The van der Waals surface area contributed by atoms with Crippen molar-refractivity contribution >= 4 is 31.6 Å². The number of halogens is 1. The van der Waals surface area contributed by atoms with Gasteiger partial charge in [0.05, 0.1) is 5.69 Å². The Kier molecular flexibility index (Phi) is 4.95. The van der Waals surface area contributed by atoms with Gasteiger partial charge in [-0.3, -0.25) is 0 Å². The van der Waals surface area contributed by atoms with Gasteiger partial charge in [0, 0.05) is 17.6 Å². The Hall–Kier alpha value is -0.850. The second-order valence-corrected chi connectivity index (χ2v) is 6.89. The minimum Gasteiger partial charge on any atom is -0.398 e. The monoisotopic (exact) mass is 332 g/mol. The molecule has 4 nitrogen and oxygen atoms in total. The first-order valence-electron chi connectivity index (χ1n) is 5.48. The number of nitrogens with two attached hydrogens (primary N) is 1. The molecule has 0 saturated carbocycles. The van der Waals surface area contributed by atoms with Gasteiger partial charge in [0.2, 0.25) is 10.0 Å². The van der Waals surface area contributed by atoms with Gasteiger partial charge in [0.15, 0.2) is 0 Å². The van der Waals surface area contributed by atoms with E-state index in [0.29, 0.717) is 17.6 Å². The Morgan fingerprint density at radius 1 is 1.50 bits per heavy atom. The quantitative estimate of drug-likeness (QED) is 0.665. The molecular formula is C12H17BrN2O2S. The van der Waals surface area contributed by atoms with Gasteiger partial charge in [-0.05, 0) is 25.1 Å². The number of rotatable bonds is 5. The van der Waals surface area contributed by atoms with Gasteiger partial charge >= 0.3 is 0 Å². The van der Waals surface area contributed by atoms with Crippen LogP contribution in [0.5, 0.6) is 0 Å². The number of benzene rings is 1. The van der Waals surface area contributed by atoms with Gasteiger partial charge in [-0.25, -0.2) is 8.42 Å². The molecule has 0 bridgehead atoms. The molecule has 0 amide bonds. The highest BCUT2D eigenvalue weighted by Gasteiger charge is 2.25. The van der Waals surface area contributed by atoms with Crippen molar-refractivity contribution in [3.8, 4) is 0 Å². The Balaban J connectivity index is 3.26. The van der Waals surface area contributed by atoms with Crippen LogP contribution in [0.3, 0.4) is 0 Å². The normalized spacial score (nSPS) is 11.8. The predicted octanol–water partition coefficient (Wildman–Crippen LogP) is 2.62. The van der Waals surface area contributed by atoms with Crippen LogP contribution >= 0.6 is 15.9 Å². The summed E-state index contributed by atoms with van der Waals surface area (Å²) in [6.07, 6.45) is 0. The number of anilines is 1. The second-order valence-electron chi connectivity index (χ2n) is 4.07. The summed E-state index contributed by atoms with van der Waals surface area (Å²) in [7, 11) is -3.58. The molecule has 1 rings (SSSR count). The molecule has 6 heteroatoms. The van der Waals surface area contributed by atoms with Crippen molar-refractivity contribution in [1.82, 2.24) is 4.31 Å². The molecule has 2 N–H and O–H groups in total. The lowest BCUT2D eigenvalue weighted by atomic mass is 10.3. The highest BCUT2D eigenvalue weighted by Crippen LogP contribution is 2.26. The average molecular weight is 333 g/mol. The molecule has 0 atom stereocenters. The van der Waals surface area contributed by atoms with E-state index in [2.05, 4.69) is 22.5 Å². The molecule has 1 aromatic rings. The standard InChI is InChI=1S/C12H17BrN2O2S/c1-4-15(8-9(2)3)18(16,17)12-7-10(13)5-6-11(12)14/h5-7H,2,4,8,14H2,1,3H3. The maximum atomic E-state index is 12.5. The number of nitrogens with zero attached hydrogens (tertiary/aromatic N) is 1. The molecule has 0 radical (unpaired) electrons. The third-order valence-corrected chi connectivity index (χ3v) is 4.86. The summed E-state index contributed by atoms with van der Waals surface area (Å²) >= 11 is 3.25.